The van der Waals surface area contributed by atoms with Crippen molar-refractivity contribution in [3.05, 3.63) is 41.0 Å². The van der Waals surface area contributed by atoms with E-state index in [-0.39, 0.29) is 36.1 Å². The highest BCUT2D eigenvalue weighted by atomic mass is 16.3. The first kappa shape index (κ1) is 30.6. The number of nitrogens with zero attached hydrogens (tertiary/aromatic N) is 4. The predicted octanol–water partition coefficient (Wildman–Crippen LogP) is 0.475. The Bertz CT molecular complexity index is 1570. The molecule has 1 aromatic carbocycles. The minimum absolute atomic E-state index is 0.00386. The fourth-order valence-corrected chi connectivity index (χ4v) is 7.26. The standard InChI is InChI=1S/C31H39N5O7/c1-30(2,3)19-12-36(13-33-19)11-15-10-18(34(4)5)16-8-14-9-17-23(35(6)7)26(39)22(29(32)42)28(41)31(17,43)27(40)20(14)25(38)21(16)24(15)37/h10,12-14,17,20,22-23,37,43H,8-9,11H2,1-7H3,(H2,32,42)/t14-,17-,20?,22?,23?,31-/m0/s1. The van der Waals surface area contributed by atoms with Gasteiger partial charge in [0, 0.05) is 42.9 Å². The molecule has 0 spiro atoms. The van der Waals surface area contributed by atoms with Crippen molar-refractivity contribution in [2.45, 2.75) is 57.2 Å². The van der Waals surface area contributed by atoms with Crippen molar-refractivity contribution >= 4 is 34.7 Å². The number of aromatic nitrogens is 2. The third kappa shape index (κ3) is 4.50. The summed E-state index contributed by atoms with van der Waals surface area (Å²) >= 11 is 0. The quantitative estimate of drug-likeness (QED) is 0.413. The zero-order valence-electron chi connectivity index (χ0n) is 25.5. The molecule has 0 aliphatic heterocycles. The second-order valence-corrected chi connectivity index (χ2v) is 13.6. The van der Waals surface area contributed by atoms with Gasteiger partial charge in [-0.1, -0.05) is 20.8 Å². The van der Waals surface area contributed by atoms with Crippen LogP contribution in [0.1, 0.15) is 54.4 Å². The van der Waals surface area contributed by atoms with Crippen LogP contribution < -0.4 is 10.6 Å². The minimum atomic E-state index is -2.76. The van der Waals surface area contributed by atoms with Crippen LogP contribution in [0.15, 0.2) is 18.6 Å². The first-order valence-corrected chi connectivity index (χ1v) is 14.3. The van der Waals surface area contributed by atoms with Crippen LogP contribution in [0.2, 0.25) is 0 Å². The number of anilines is 1. The average Bonchev–Trinajstić information content (AvgIpc) is 3.36. The molecular formula is C31H39N5O7. The molecule has 0 bridgehead atoms. The molecule has 3 unspecified atom stereocenters. The van der Waals surface area contributed by atoms with Gasteiger partial charge in [-0.2, -0.15) is 0 Å². The molecule has 1 aromatic heterocycles. The summed E-state index contributed by atoms with van der Waals surface area (Å²) in [6.07, 6.45) is 3.73. The summed E-state index contributed by atoms with van der Waals surface area (Å²) in [6, 6.07) is 0.673. The number of benzene rings is 1. The summed E-state index contributed by atoms with van der Waals surface area (Å²) in [5.41, 5.74) is 4.96. The second-order valence-electron chi connectivity index (χ2n) is 13.6. The highest BCUT2D eigenvalue weighted by Crippen LogP contribution is 2.52. The van der Waals surface area contributed by atoms with Gasteiger partial charge in [0.2, 0.25) is 5.91 Å². The van der Waals surface area contributed by atoms with E-state index >= 15 is 0 Å². The fourth-order valence-electron chi connectivity index (χ4n) is 7.26. The lowest BCUT2D eigenvalue weighted by Crippen LogP contribution is -2.74. The molecule has 0 radical (unpaired) electrons. The molecule has 1 heterocycles. The minimum Gasteiger partial charge on any atom is -0.507 e. The number of Topliss-reactive ketones (excluding diaryl/α,β-unsaturated/α-hetero) is 4. The maximum Gasteiger partial charge on any atom is 0.235 e. The van der Waals surface area contributed by atoms with Crippen LogP contribution in [0.25, 0.3) is 0 Å². The molecular weight excluding hydrogens is 554 g/mol. The molecule has 0 saturated heterocycles. The van der Waals surface area contributed by atoms with E-state index in [4.69, 9.17) is 5.73 Å². The number of primary amides is 1. The van der Waals surface area contributed by atoms with Gasteiger partial charge < -0.3 is 25.4 Å². The van der Waals surface area contributed by atoms with Gasteiger partial charge in [0.05, 0.1) is 36.1 Å². The van der Waals surface area contributed by atoms with Crippen molar-refractivity contribution in [1.29, 1.82) is 0 Å². The van der Waals surface area contributed by atoms with Crippen LogP contribution >= 0.6 is 0 Å². The van der Waals surface area contributed by atoms with Crippen LogP contribution in [-0.4, -0.2) is 93.5 Å². The summed E-state index contributed by atoms with van der Waals surface area (Å²) in [4.78, 5) is 75.1. The number of hydrogen-bond donors (Lipinski definition) is 3. The number of aliphatic hydroxyl groups is 1. The van der Waals surface area contributed by atoms with Gasteiger partial charge in [-0.3, -0.25) is 28.9 Å². The van der Waals surface area contributed by atoms with Gasteiger partial charge >= 0.3 is 0 Å². The SMILES string of the molecule is CN(C)c1cc(Cn2cnc(C(C)(C)C)c2)c(O)c2c1C[C@H]1C[C@H]3C(N(C)C)C(=O)C(C(N)=O)C(=O)[C@@]3(O)C(=O)C1C2=O. The van der Waals surface area contributed by atoms with E-state index in [9.17, 15) is 34.2 Å². The van der Waals surface area contributed by atoms with Crippen LogP contribution in [-0.2, 0) is 37.6 Å². The monoisotopic (exact) mass is 593 g/mol. The molecule has 2 fully saturated rings. The molecule has 12 heteroatoms. The molecule has 1 amide bonds. The van der Waals surface area contributed by atoms with Gasteiger partial charge in [0.1, 0.15) is 5.75 Å². The third-order valence-electron chi connectivity index (χ3n) is 9.35. The number of phenols is 1. The number of rotatable bonds is 5. The smallest absolute Gasteiger partial charge is 0.235 e. The summed E-state index contributed by atoms with van der Waals surface area (Å²) in [7, 11) is 6.75. The summed E-state index contributed by atoms with van der Waals surface area (Å²) in [5.74, 6) is -10.6. The van der Waals surface area contributed by atoms with Gasteiger partial charge in [-0.05, 0) is 44.5 Å². The number of carbonyl (C=O) groups excluding carboxylic acids is 5. The lowest BCUT2D eigenvalue weighted by molar-refractivity contribution is -0.181. The number of ketones is 4. The number of carbonyl (C=O) groups is 5. The summed E-state index contributed by atoms with van der Waals surface area (Å²) in [6.45, 7) is 6.31. The van der Waals surface area contributed by atoms with Crippen LogP contribution in [0, 0.1) is 23.7 Å². The van der Waals surface area contributed by atoms with Gasteiger partial charge in [-0.15, -0.1) is 0 Å². The van der Waals surface area contributed by atoms with E-state index in [1.54, 1.807) is 25.0 Å². The van der Waals surface area contributed by atoms with Crippen LogP contribution in [0.4, 0.5) is 5.69 Å². The van der Waals surface area contributed by atoms with E-state index in [2.05, 4.69) is 4.98 Å². The van der Waals surface area contributed by atoms with E-state index in [0.29, 0.717) is 16.8 Å². The van der Waals surface area contributed by atoms with Crippen molar-refractivity contribution < 1.29 is 34.2 Å². The Kier molecular flexibility index (Phi) is 7.17. The molecule has 6 atom stereocenters. The number of amides is 1. The predicted molar refractivity (Wildman–Crippen MR) is 156 cm³/mol. The lowest BCUT2D eigenvalue weighted by atomic mass is 9.52. The molecule has 4 N–H and O–H groups in total. The zero-order chi connectivity index (χ0) is 31.9. The van der Waals surface area contributed by atoms with E-state index in [1.165, 1.54) is 4.90 Å². The number of phenolic OH excluding ortho intramolecular Hbond substituents is 1. The van der Waals surface area contributed by atoms with Crippen molar-refractivity contribution in [2.24, 2.45) is 29.4 Å². The first-order valence-electron chi connectivity index (χ1n) is 14.3. The highest BCUT2D eigenvalue weighted by Gasteiger charge is 2.69. The summed E-state index contributed by atoms with van der Waals surface area (Å²) in [5, 5.41) is 23.3. The van der Waals surface area contributed by atoms with Crippen molar-refractivity contribution in [3.63, 3.8) is 0 Å². The number of likely N-dealkylation sites (N-methyl/N-ethyl adjacent to an activating group) is 1. The number of aromatic hydroxyl groups is 1. The molecule has 2 aromatic rings. The molecule has 3 aliphatic carbocycles. The number of hydrogen-bond acceptors (Lipinski definition) is 10. The van der Waals surface area contributed by atoms with E-state index < -0.39 is 64.4 Å². The average molecular weight is 594 g/mol. The second kappa shape index (κ2) is 10.1. The Morgan fingerprint density at radius 2 is 1.79 bits per heavy atom. The maximum atomic E-state index is 14.2. The topological polar surface area (TPSA) is 176 Å². The Morgan fingerprint density at radius 3 is 2.33 bits per heavy atom. The normalized spacial score (nSPS) is 28.9. The molecule has 2 saturated carbocycles. The van der Waals surface area contributed by atoms with Gasteiger partial charge in [0.25, 0.3) is 0 Å². The third-order valence-corrected chi connectivity index (χ3v) is 9.35. The van der Waals surface area contributed by atoms with Crippen LogP contribution in [0.3, 0.4) is 0 Å². The number of nitrogens with two attached hydrogens (primary N) is 1. The largest absolute Gasteiger partial charge is 0.507 e. The van der Waals surface area contributed by atoms with Crippen molar-refractivity contribution in [2.75, 3.05) is 33.1 Å². The van der Waals surface area contributed by atoms with Crippen LogP contribution in [0.5, 0.6) is 5.75 Å². The Labute approximate surface area is 249 Å². The van der Waals surface area contributed by atoms with E-state index in [0.717, 1.165) is 5.69 Å². The van der Waals surface area contributed by atoms with Gasteiger partial charge in [0.15, 0.2) is 34.7 Å². The fraction of sp³-hybridized carbons (Fsp3) is 0.548. The summed E-state index contributed by atoms with van der Waals surface area (Å²) < 4.78 is 1.81. The zero-order valence-corrected chi connectivity index (χ0v) is 25.5. The number of imidazole rings is 1. The Hall–Kier alpha value is -3.90. The van der Waals surface area contributed by atoms with Gasteiger partial charge in [-0.25, -0.2) is 4.98 Å². The molecule has 230 valence electrons. The molecule has 3 aliphatic rings. The highest BCUT2D eigenvalue weighted by molar-refractivity contribution is 6.32. The maximum absolute atomic E-state index is 14.2. The van der Waals surface area contributed by atoms with Crippen molar-refractivity contribution in [1.82, 2.24) is 14.5 Å². The molecule has 5 rings (SSSR count). The van der Waals surface area contributed by atoms with E-state index in [1.807, 2.05) is 52.0 Å². The lowest BCUT2D eigenvalue weighted by Gasteiger charge is -2.52. The molecule has 43 heavy (non-hydrogen) atoms. The Balaban J connectivity index is 1.62. The Morgan fingerprint density at radius 1 is 1.14 bits per heavy atom. The van der Waals surface area contributed by atoms with Crippen molar-refractivity contribution in [3.8, 4) is 5.75 Å². The first-order chi connectivity index (χ1) is 19.9. The number of fused-ring (bicyclic) bond motifs is 3. The molecule has 12 nitrogen and oxygen atoms in total.